The van der Waals surface area contributed by atoms with Gasteiger partial charge in [0.05, 0.1) is 0 Å². The molecule has 2 aromatic carbocycles. The topological polar surface area (TPSA) is 64.1 Å². The third kappa shape index (κ3) is 5.60. The summed E-state index contributed by atoms with van der Waals surface area (Å²) < 4.78 is 23.2. The van der Waals surface area contributed by atoms with Gasteiger partial charge in [-0.25, -0.2) is 4.39 Å². The number of amides is 1. The molecule has 0 saturated carbocycles. The number of halogens is 1. The van der Waals surface area contributed by atoms with Crippen molar-refractivity contribution in [1.29, 1.82) is 0 Å². The molecule has 29 heavy (non-hydrogen) atoms. The summed E-state index contributed by atoms with van der Waals surface area (Å²) in [6, 6.07) is 11.7. The largest absolute Gasteiger partial charge is 0.430 e. The van der Waals surface area contributed by atoms with Crippen molar-refractivity contribution in [2.75, 3.05) is 0 Å². The third-order valence-electron chi connectivity index (χ3n) is 4.73. The van der Waals surface area contributed by atoms with Crippen molar-refractivity contribution in [2.45, 2.75) is 40.2 Å². The van der Waals surface area contributed by atoms with Gasteiger partial charge in [0.2, 0.25) is 0 Å². The lowest BCUT2D eigenvalue weighted by Gasteiger charge is -2.17. The van der Waals surface area contributed by atoms with Crippen LogP contribution in [0.4, 0.5) is 4.39 Å². The van der Waals surface area contributed by atoms with E-state index in [9.17, 15) is 9.18 Å². The summed E-state index contributed by atoms with van der Waals surface area (Å²) in [5, 5.41) is 3.40. The second-order valence-corrected chi connectivity index (χ2v) is 8.08. The Labute approximate surface area is 174 Å². The molecule has 0 aliphatic heterocycles. The molecule has 1 heterocycles. The first-order valence-electron chi connectivity index (χ1n) is 9.48. The van der Waals surface area contributed by atoms with Crippen LogP contribution >= 0.6 is 11.5 Å². The number of aryl methyl sites for hydroxylation is 1. The molecule has 0 saturated heterocycles. The van der Waals surface area contributed by atoms with Crippen molar-refractivity contribution in [3.05, 3.63) is 70.8 Å². The Kier molecular flexibility index (Phi) is 6.59. The van der Waals surface area contributed by atoms with Gasteiger partial charge >= 0.3 is 0 Å². The molecular weight excluding hydrogens is 389 g/mol. The molecule has 0 fully saturated rings. The molecule has 7 heteroatoms. The number of nitrogens with zero attached hydrogens (tertiary/aromatic N) is 2. The number of ether oxygens (including phenoxy) is 1. The Bertz CT molecular complexity index is 986. The van der Waals surface area contributed by atoms with E-state index >= 15 is 0 Å². The van der Waals surface area contributed by atoms with Gasteiger partial charge in [0, 0.05) is 29.6 Å². The van der Waals surface area contributed by atoms with Gasteiger partial charge in [-0.05, 0) is 55.2 Å². The van der Waals surface area contributed by atoms with Crippen LogP contribution in [0.5, 0.6) is 10.9 Å². The lowest BCUT2D eigenvalue weighted by Crippen LogP contribution is -2.36. The van der Waals surface area contributed by atoms with Crippen LogP contribution in [-0.2, 0) is 6.42 Å². The highest BCUT2D eigenvalue weighted by Gasteiger charge is 2.15. The normalized spacial score (nSPS) is 12.1. The molecular formula is C22H24FN3O2S. The van der Waals surface area contributed by atoms with E-state index in [1.807, 2.05) is 19.9 Å². The number of carbonyl (C=O) groups excluding carboxylic acids is 1. The van der Waals surface area contributed by atoms with Crippen LogP contribution in [0.25, 0.3) is 0 Å². The molecule has 0 bridgehead atoms. The minimum absolute atomic E-state index is 0.0744. The summed E-state index contributed by atoms with van der Waals surface area (Å²) in [7, 11) is 0. The number of benzene rings is 2. The van der Waals surface area contributed by atoms with Crippen LogP contribution in [-0.4, -0.2) is 21.3 Å². The van der Waals surface area contributed by atoms with Gasteiger partial charge in [0.15, 0.2) is 5.82 Å². The first-order chi connectivity index (χ1) is 13.8. The zero-order valence-corrected chi connectivity index (χ0v) is 17.7. The highest BCUT2D eigenvalue weighted by Crippen LogP contribution is 2.28. The van der Waals surface area contributed by atoms with Gasteiger partial charge in [-0.2, -0.15) is 9.36 Å². The van der Waals surface area contributed by atoms with E-state index in [0.29, 0.717) is 34.7 Å². The summed E-state index contributed by atoms with van der Waals surface area (Å²) >= 11 is 1.15. The summed E-state index contributed by atoms with van der Waals surface area (Å²) in [6.07, 6.45) is 0.495. The minimum Gasteiger partial charge on any atom is -0.430 e. The Hall–Kier alpha value is -2.80. The van der Waals surface area contributed by atoms with Crippen LogP contribution in [0.3, 0.4) is 0 Å². The Balaban J connectivity index is 1.70. The molecule has 1 atom stereocenters. The van der Waals surface area contributed by atoms with Gasteiger partial charge in [0.25, 0.3) is 11.1 Å². The molecule has 152 valence electrons. The quantitative estimate of drug-likeness (QED) is 0.582. The zero-order valence-electron chi connectivity index (χ0n) is 16.9. The molecule has 0 spiro atoms. The van der Waals surface area contributed by atoms with E-state index in [0.717, 1.165) is 22.7 Å². The maximum atomic E-state index is 13.0. The fourth-order valence-corrected chi connectivity index (χ4v) is 3.10. The van der Waals surface area contributed by atoms with Crippen molar-refractivity contribution in [3.8, 4) is 10.9 Å². The maximum absolute atomic E-state index is 13.0. The summed E-state index contributed by atoms with van der Waals surface area (Å²) in [5.41, 5.74) is 2.35. The Morgan fingerprint density at radius 1 is 1.17 bits per heavy atom. The standard InChI is InChI=1S/C22H24FN3O2S/c1-13(2)15(4)24-21(27)17-8-5-14(3)19(12-17)28-22-25-20(26-29-22)11-16-6-9-18(23)10-7-16/h5-10,12-13,15H,11H2,1-4H3,(H,24,27)/t15-/m1/s1. The van der Waals surface area contributed by atoms with Crippen molar-refractivity contribution < 1.29 is 13.9 Å². The predicted octanol–water partition coefficient (Wildman–Crippen LogP) is 5.14. The predicted molar refractivity (Wildman–Crippen MR) is 112 cm³/mol. The zero-order chi connectivity index (χ0) is 21.0. The molecule has 5 nitrogen and oxygen atoms in total. The van der Waals surface area contributed by atoms with Crippen LogP contribution in [0.2, 0.25) is 0 Å². The van der Waals surface area contributed by atoms with Gasteiger partial charge < -0.3 is 10.1 Å². The first kappa shape index (κ1) is 20.9. The third-order valence-corrected chi connectivity index (χ3v) is 5.36. The summed E-state index contributed by atoms with van der Waals surface area (Å²) in [5.74, 6) is 1.12. The lowest BCUT2D eigenvalue weighted by molar-refractivity contribution is 0.0930. The van der Waals surface area contributed by atoms with E-state index < -0.39 is 0 Å². The van der Waals surface area contributed by atoms with E-state index in [4.69, 9.17) is 4.74 Å². The fourth-order valence-electron chi connectivity index (χ4n) is 2.54. The number of rotatable bonds is 7. The fraction of sp³-hybridized carbons (Fsp3) is 0.318. The minimum atomic E-state index is -0.272. The van der Waals surface area contributed by atoms with Gasteiger partial charge in [0.1, 0.15) is 11.6 Å². The Morgan fingerprint density at radius 2 is 1.90 bits per heavy atom. The average Bonchev–Trinajstić information content (AvgIpc) is 3.12. The first-order valence-corrected chi connectivity index (χ1v) is 10.3. The highest BCUT2D eigenvalue weighted by molar-refractivity contribution is 7.07. The van der Waals surface area contributed by atoms with Crippen molar-refractivity contribution in [2.24, 2.45) is 5.92 Å². The molecule has 1 N–H and O–H groups in total. The summed E-state index contributed by atoms with van der Waals surface area (Å²) in [4.78, 5) is 16.9. The van der Waals surface area contributed by atoms with Crippen molar-refractivity contribution in [1.82, 2.24) is 14.7 Å². The lowest BCUT2D eigenvalue weighted by atomic mass is 10.1. The smallest absolute Gasteiger partial charge is 0.298 e. The van der Waals surface area contributed by atoms with E-state index in [1.165, 1.54) is 12.1 Å². The second-order valence-electron chi connectivity index (χ2n) is 7.37. The molecule has 0 aliphatic rings. The molecule has 3 rings (SSSR count). The molecule has 3 aromatic rings. The summed E-state index contributed by atoms with van der Waals surface area (Å²) in [6.45, 7) is 8.02. The van der Waals surface area contributed by atoms with Gasteiger partial charge in [-0.1, -0.05) is 32.0 Å². The molecule has 0 aliphatic carbocycles. The molecule has 1 amide bonds. The average molecular weight is 414 g/mol. The van der Waals surface area contributed by atoms with E-state index in [2.05, 4.69) is 28.5 Å². The second kappa shape index (κ2) is 9.13. The molecule has 0 unspecified atom stereocenters. The van der Waals surface area contributed by atoms with Gasteiger partial charge in [-0.3, -0.25) is 4.79 Å². The van der Waals surface area contributed by atoms with Crippen LogP contribution in [0.15, 0.2) is 42.5 Å². The number of hydrogen-bond donors (Lipinski definition) is 1. The van der Waals surface area contributed by atoms with Gasteiger partial charge in [-0.15, -0.1) is 0 Å². The molecule has 0 radical (unpaired) electrons. The van der Waals surface area contributed by atoms with Crippen molar-refractivity contribution >= 4 is 17.4 Å². The van der Waals surface area contributed by atoms with Crippen LogP contribution < -0.4 is 10.1 Å². The van der Waals surface area contributed by atoms with Crippen LogP contribution in [0.1, 0.15) is 48.1 Å². The van der Waals surface area contributed by atoms with E-state index in [1.54, 1.807) is 24.3 Å². The number of nitrogens with one attached hydrogen (secondary N) is 1. The van der Waals surface area contributed by atoms with Crippen molar-refractivity contribution in [3.63, 3.8) is 0 Å². The molecule has 1 aromatic heterocycles. The highest BCUT2D eigenvalue weighted by atomic mass is 32.1. The number of hydrogen-bond acceptors (Lipinski definition) is 5. The SMILES string of the molecule is Cc1ccc(C(=O)N[C@H](C)C(C)C)cc1Oc1nc(Cc2ccc(F)cc2)ns1. The Morgan fingerprint density at radius 3 is 2.59 bits per heavy atom. The number of carbonyl (C=O) groups is 1. The van der Waals surface area contributed by atoms with Crippen LogP contribution in [0, 0.1) is 18.7 Å². The number of aromatic nitrogens is 2. The monoisotopic (exact) mass is 413 g/mol. The maximum Gasteiger partial charge on any atom is 0.298 e. The van der Waals surface area contributed by atoms with E-state index in [-0.39, 0.29) is 17.8 Å².